The molecule has 1 heteroatoms. The Morgan fingerprint density at radius 1 is 1.31 bits per heavy atom. The summed E-state index contributed by atoms with van der Waals surface area (Å²) in [6.45, 7) is 3.89. The summed E-state index contributed by atoms with van der Waals surface area (Å²) >= 11 is 0. The number of Topliss-reactive ketones (excluding diaryl/α,β-unsaturated/α-hetero) is 1. The normalized spacial score (nSPS) is 25.7. The van der Waals surface area contributed by atoms with Gasteiger partial charge in [-0.25, -0.2) is 0 Å². The van der Waals surface area contributed by atoms with Crippen molar-refractivity contribution in [3.05, 3.63) is 35.4 Å². The molecule has 2 atom stereocenters. The lowest BCUT2D eigenvalue weighted by atomic mass is 9.98. The highest BCUT2D eigenvalue weighted by Gasteiger charge is 2.30. The SMILES string of the molecule is CC(=O)[C@@H]1C[C@@H](C)c2ccccc21. The highest BCUT2D eigenvalue weighted by atomic mass is 16.1. The molecule has 0 fully saturated rings. The molecule has 0 heterocycles. The Morgan fingerprint density at radius 2 is 1.92 bits per heavy atom. The van der Waals surface area contributed by atoms with Crippen molar-refractivity contribution in [1.29, 1.82) is 0 Å². The number of benzene rings is 1. The summed E-state index contributed by atoms with van der Waals surface area (Å²) in [5.41, 5.74) is 2.62. The minimum absolute atomic E-state index is 0.159. The summed E-state index contributed by atoms with van der Waals surface area (Å²) in [6, 6.07) is 8.30. The van der Waals surface area contributed by atoms with Crippen molar-refractivity contribution in [3.63, 3.8) is 0 Å². The molecule has 13 heavy (non-hydrogen) atoms. The molecule has 0 saturated heterocycles. The Bertz CT molecular complexity index is 341. The second kappa shape index (κ2) is 2.99. The number of hydrogen-bond donors (Lipinski definition) is 0. The van der Waals surface area contributed by atoms with Crippen molar-refractivity contribution in [2.24, 2.45) is 0 Å². The van der Waals surface area contributed by atoms with Gasteiger partial charge in [-0.2, -0.15) is 0 Å². The van der Waals surface area contributed by atoms with Crippen molar-refractivity contribution in [2.45, 2.75) is 32.1 Å². The fraction of sp³-hybridized carbons (Fsp3) is 0.417. The van der Waals surface area contributed by atoms with Gasteiger partial charge in [0.25, 0.3) is 0 Å². The molecule has 0 amide bonds. The maximum absolute atomic E-state index is 11.4. The largest absolute Gasteiger partial charge is 0.299 e. The summed E-state index contributed by atoms with van der Waals surface area (Å²) in [5, 5.41) is 0. The minimum Gasteiger partial charge on any atom is -0.299 e. The first-order valence-electron chi connectivity index (χ1n) is 4.79. The van der Waals surface area contributed by atoms with Gasteiger partial charge in [-0.15, -0.1) is 0 Å². The number of ketones is 1. The van der Waals surface area contributed by atoms with Crippen LogP contribution in [0.4, 0.5) is 0 Å². The first-order valence-corrected chi connectivity index (χ1v) is 4.79. The zero-order chi connectivity index (χ0) is 9.42. The van der Waals surface area contributed by atoms with Crippen molar-refractivity contribution in [3.8, 4) is 0 Å². The van der Waals surface area contributed by atoms with Crippen LogP contribution in [-0.4, -0.2) is 5.78 Å². The highest BCUT2D eigenvalue weighted by molar-refractivity contribution is 5.84. The monoisotopic (exact) mass is 174 g/mol. The van der Waals surface area contributed by atoms with Gasteiger partial charge in [0.2, 0.25) is 0 Å². The molecule has 0 aliphatic heterocycles. The third-order valence-corrected chi connectivity index (χ3v) is 2.98. The number of carbonyl (C=O) groups is 1. The van der Waals surface area contributed by atoms with Gasteiger partial charge >= 0.3 is 0 Å². The third kappa shape index (κ3) is 1.28. The zero-order valence-corrected chi connectivity index (χ0v) is 8.08. The van der Waals surface area contributed by atoms with E-state index in [1.54, 1.807) is 6.92 Å². The average Bonchev–Trinajstić information content (AvgIpc) is 2.45. The molecule has 1 aromatic carbocycles. The van der Waals surface area contributed by atoms with Gasteiger partial charge in [-0.05, 0) is 30.4 Å². The fourth-order valence-electron chi connectivity index (χ4n) is 2.27. The Balaban J connectivity index is 2.47. The lowest BCUT2D eigenvalue weighted by Crippen LogP contribution is -2.04. The van der Waals surface area contributed by atoms with Gasteiger partial charge in [-0.3, -0.25) is 4.79 Å². The van der Waals surface area contributed by atoms with E-state index in [-0.39, 0.29) is 5.92 Å². The molecule has 0 saturated carbocycles. The van der Waals surface area contributed by atoms with E-state index >= 15 is 0 Å². The molecular weight excluding hydrogens is 160 g/mol. The van der Waals surface area contributed by atoms with Gasteiger partial charge in [-0.1, -0.05) is 31.2 Å². The highest BCUT2D eigenvalue weighted by Crippen LogP contribution is 2.41. The second-order valence-electron chi connectivity index (χ2n) is 3.93. The van der Waals surface area contributed by atoms with E-state index in [2.05, 4.69) is 25.1 Å². The summed E-state index contributed by atoms with van der Waals surface area (Å²) in [5.74, 6) is 1.01. The quantitative estimate of drug-likeness (QED) is 0.639. The molecular formula is C12H14O. The van der Waals surface area contributed by atoms with Crippen molar-refractivity contribution < 1.29 is 4.79 Å². The van der Waals surface area contributed by atoms with Crippen LogP contribution in [0.5, 0.6) is 0 Å². The fourth-order valence-corrected chi connectivity index (χ4v) is 2.27. The van der Waals surface area contributed by atoms with Gasteiger partial charge in [0.05, 0.1) is 0 Å². The van der Waals surface area contributed by atoms with Crippen LogP contribution in [0.15, 0.2) is 24.3 Å². The van der Waals surface area contributed by atoms with Crippen LogP contribution in [0.25, 0.3) is 0 Å². The number of hydrogen-bond acceptors (Lipinski definition) is 1. The minimum atomic E-state index is 0.159. The standard InChI is InChI=1S/C12H14O/c1-8-7-12(9(2)13)11-6-4-3-5-10(8)11/h3-6,8,12H,7H2,1-2H3/t8-,12+/m1/s1. The first-order chi connectivity index (χ1) is 6.20. The van der Waals surface area contributed by atoms with Crippen molar-refractivity contribution in [2.75, 3.05) is 0 Å². The Morgan fingerprint density at radius 3 is 2.54 bits per heavy atom. The predicted molar refractivity (Wildman–Crippen MR) is 52.9 cm³/mol. The van der Waals surface area contributed by atoms with Crippen LogP contribution in [0.2, 0.25) is 0 Å². The molecule has 0 radical (unpaired) electrons. The Labute approximate surface area is 78.8 Å². The van der Waals surface area contributed by atoms with Crippen molar-refractivity contribution in [1.82, 2.24) is 0 Å². The average molecular weight is 174 g/mol. The molecule has 1 aliphatic rings. The van der Waals surface area contributed by atoms with Crippen LogP contribution in [0, 0.1) is 0 Å². The number of carbonyl (C=O) groups excluding carboxylic acids is 1. The Kier molecular flexibility index (Phi) is 1.95. The molecule has 0 unspecified atom stereocenters. The van der Waals surface area contributed by atoms with E-state index in [1.807, 2.05) is 6.07 Å². The summed E-state index contributed by atoms with van der Waals surface area (Å²) < 4.78 is 0. The van der Waals surface area contributed by atoms with Gasteiger partial charge in [0.15, 0.2) is 0 Å². The van der Waals surface area contributed by atoms with Crippen LogP contribution in [0.3, 0.4) is 0 Å². The molecule has 2 rings (SSSR count). The van der Waals surface area contributed by atoms with Crippen LogP contribution >= 0.6 is 0 Å². The molecule has 68 valence electrons. The summed E-state index contributed by atoms with van der Waals surface area (Å²) in [4.78, 5) is 11.4. The van der Waals surface area contributed by atoms with Crippen molar-refractivity contribution >= 4 is 5.78 Å². The van der Waals surface area contributed by atoms with E-state index in [1.165, 1.54) is 11.1 Å². The van der Waals surface area contributed by atoms with E-state index in [4.69, 9.17) is 0 Å². The summed E-state index contributed by atoms with van der Waals surface area (Å²) in [7, 11) is 0. The van der Waals surface area contributed by atoms with E-state index < -0.39 is 0 Å². The molecule has 1 nitrogen and oxygen atoms in total. The van der Waals surface area contributed by atoms with Gasteiger partial charge in [0, 0.05) is 5.92 Å². The van der Waals surface area contributed by atoms with Gasteiger partial charge in [0.1, 0.15) is 5.78 Å². The van der Waals surface area contributed by atoms with Crippen LogP contribution in [-0.2, 0) is 4.79 Å². The van der Waals surface area contributed by atoms with Gasteiger partial charge < -0.3 is 0 Å². The second-order valence-corrected chi connectivity index (χ2v) is 3.93. The third-order valence-electron chi connectivity index (χ3n) is 2.98. The predicted octanol–water partition coefficient (Wildman–Crippen LogP) is 2.87. The van der Waals surface area contributed by atoms with Crippen LogP contribution < -0.4 is 0 Å². The molecule has 1 aromatic rings. The molecule has 1 aliphatic carbocycles. The maximum Gasteiger partial charge on any atom is 0.137 e. The maximum atomic E-state index is 11.4. The lowest BCUT2D eigenvalue weighted by molar-refractivity contribution is -0.118. The topological polar surface area (TPSA) is 17.1 Å². The van der Waals surface area contributed by atoms with E-state index in [9.17, 15) is 4.79 Å². The zero-order valence-electron chi connectivity index (χ0n) is 8.08. The van der Waals surface area contributed by atoms with Crippen LogP contribution in [0.1, 0.15) is 43.2 Å². The smallest absolute Gasteiger partial charge is 0.137 e. The number of rotatable bonds is 1. The Hall–Kier alpha value is -1.11. The number of fused-ring (bicyclic) bond motifs is 1. The molecule has 0 bridgehead atoms. The molecule has 0 aromatic heterocycles. The van der Waals surface area contributed by atoms with E-state index in [0.717, 1.165) is 6.42 Å². The molecule has 0 spiro atoms. The summed E-state index contributed by atoms with van der Waals surface area (Å²) in [6.07, 6.45) is 0.995. The molecule has 0 N–H and O–H groups in total. The first kappa shape index (κ1) is 8.49. The van der Waals surface area contributed by atoms with E-state index in [0.29, 0.717) is 11.7 Å². The lowest BCUT2D eigenvalue weighted by Gasteiger charge is -2.05.